The topological polar surface area (TPSA) is 68.0 Å². The number of carbonyl (C=O) groups is 1. The van der Waals surface area contributed by atoms with Gasteiger partial charge in [0.05, 0.1) is 5.69 Å². The summed E-state index contributed by atoms with van der Waals surface area (Å²) in [5.74, 6) is 0.269. The van der Waals surface area contributed by atoms with E-state index in [-0.39, 0.29) is 5.91 Å². The highest BCUT2D eigenvalue weighted by atomic mass is 16.5. The number of carbonyl (C=O) groups excluding carboxylic acids is 1. The zero-order valence-corrected chi connectivity index (χ0v) is 13.0. The van der Waals surface area contributed by atoms with Gasteiger partial charge >= 0.3 is 0 Å². The first-order valence-electron chi connectivity index (χ1n) is 7.36. The van der Waals surface area contributed by atoms with Crippen LogP contribution in [0.3, 0.4) is 0 Å². The van der Waals surface area contributed by atoms with Gasteiger partial charge in [0.1, 0.15) is 5.56 Å². The molecule has 0 radical (unpaired) electrons. The number of benzene rings is 1. The number of aryl methyl sites for hydroxylation is 2. The van der Waals surface area contributed by atoms with E-state index >= 15 is 0 Å². The molecule has 0 atom stereocenters. The summed E-state index contributed by atoms with van der Waals surface area (Å²) in [5, 5.41) is 6.87. The first-order valence-corrected chi connectivity index (χ1v) is 7.36. The van der Waals surface area contributed by atoms with Crippen LogP contribution in [0.4, 0.5) is 0 Å². The fourth-order valence-electron chi connectivity index (χ4n) is 2.41. The largest absolute Gasteiger partial charge is 0.355 e. The molecule has 0 saturated carbocycles. The summed E-state index contributed by atoms with van der Waals surface area (Å²) >= 11 is 0. The summed E-state index contributed by atoms with van der Waals surface area (Å²) in [6, 6.07) is 11.5. The molecule has 23 heavy (non-hydrogen) atoms. The smallest absolute Gasteiger partial charge is 0.257 e. The number of pyridine rings is 1. The third-order valence-corrected chi connectivity index (χ3v) is 3.73. The number of nitrogens with one attached hydrogen (secondary N) is 1. The second-order valence-corrected chi connectivity index (χ2v) is 5.32. The lowest BCUT2D eigenvalue weighted by Crippen LogP contribution is -2.24. The second-order valence-electron chi connectivity index (χ2n) is 5.32. The van der Waals surface area contributed by atoms with Crippen molar-refractivity contribution in [3.63, 3.8) is 0 Å². The Morgan fingerprint density at radius 1 is 1.13 bits per heavy atom. The van der Waals surface area contributed by atoms with Gasteiger partial charge in [0.15, 0.2) is 5.76 Å². The van der Waals surface area contributed by atoms with E-state index in [1.165, 1.54) is 0 Å². The van der Waals surface area contributed by atoms with Crippen molar-refractivity contribution < 1.29 is 9.32 Å². The summed E-state index contributed by atoms with van der Waals surface area (Å²) in [6.07, 6.45) is 3.31. The molecule has 2 aromatic heterocycles. The van der Waals surface area contributed by atoms with Crippen molar-refractivity contribution in [2.24, 2.45) is 0 Å². The maximum absolute atomic E-state index is 12.6. The van der Waals surface area contributed by atoms with Crippen LogP contribution in [0.2, 0.25) is 0 Å². The fourth-order valence-corrected chi connectivity index (χ4v) is 2.41. The molecule has 116 valence electrons. The summed E-state index contributed by atoms with van der Waals surface area (Å²) in [4.78, 5) is 16.6. The third kappa shape index (κ3) is 3.13. The van der Waals surface area contributed by atoms with Crippen LogP contribution in [0, 0.1) is 13.8 Å². The van der Waals surface area contributed by atoms with Crippen molar-refractivity contribution in [2.45, 2.75) is 20.4 Å². The molecule has 0 fully saturated rings. The quantitative estimate of drug-likeness (QED) is 0.803. The van der Waals surface area contributed by atoms with Crippen molar-refractivity contribution in [1.82, 2.24) is 15.5 Å². The van der Waals surface area contributed by atoms with Gasteiger partial charge in [-0.05, 0) is 37.1 Å². The minimum atomic E-state index is -0.196. The van der Waals surface area contributed by atoms with E-state index in [1.54, 1.807) is 31.5 Å². The van der Waals surface area contributed by atoms with Gasteiger partial charge in [-0.15, -0.1) is 0 Å². The average molecular weight is 307 g/mol. The molecule has 3 aromatic rings. The normalized spacial score (nSPS) is 10.5. The number of amides is 1. The van der Waals surface area contributed by atoms with Crippen molar-refractivity contribution >= 4 is 5.91 Å². The number of hydrogen-bond donors (Lipinski definition) is 1. The number of aromatic nitrogens is 2. The third-order valence-electron chi connectivity index (χ3n) is 3.73. The van der Waals surface area contributed by atoms with Gasteiger partial charge in [-0.25, -0.2) is 0 Å². The molecule has 5 heteroatoms. The van der Waals surface area contributed by atoms with Gasteiger partial charge in [-0.3, -0.25) is 9.78 Å². The number of rotatable bonds is 4. The van der Waals surface area contributed by atoms with Crippen molar-refractivity contribution in [3.05, 3.63) is 71.2 Å². The highest BCUT2D eigenvalue weighted by molar-refractivity contribution is 6.00. The lowest BCUT2D eigenvalue weighted by atomic mass is 10.1. The van der Waals surface area contributed by atoms with Gasteiger partial charge in [0.2, 0.25) is 0 Å². The van der Waals surface area contributed by atoms with Crippen LogP contribution in [0.5, 0.6) is 0 Å². The maximum atomic E-state index is 12.6. The van der Waals surface area contributed by atoms with Crippen LogP contribution < -0.4 is 5.32 Å². The molecule has 0 spiro atoms. The van der Waals surface area contributed by atoms with Crippen LogP contribution in [-0.4, -0.2) is 16.0 Å². The van der Waals surface area contributed by atoms with E-state index in [9.17, 15) is 4.79 Å². The summed E-state index contributed by atoms with van der Waals surface area (Å²) in [6.45, 7) is 4.25. The van der Waals surface area contributed by atoms with Gasteiger partial charge in [0.25, 0.3) is 5.91 Å². The van der Waals surface area contributed by atoms with Crippen LogP contribution in [0.1, 0.15) is 27.2 Å². The van der Waals surface area contributed by atoms with Gasteiger partial charge in [-0.2, -0.15) is 0 Å². The van der Waals surface area contributed by atoms with Gasteiger partial charge < -0.3 is 9.84 Å². The fraction of sp³-hybridized carbons (Fsp3) is 0.167. The predicted octanol–water partition coefficient (Wildman–Crippen LogP) is 3.28. The molecule has 5 nitrogen and oxygen atoms in total. The first-order chi connectivity index (χ1) is 11.2. The van der Waals surface area contributed by atoms with Crippen LogP contribution in [-0.2, 0) is 6.54 Å². The molecule has 2 heterocycles. The Morgan fingerprint density at radius 2 is 1.87 bits per heavy atom. The molecule has 0 aliphatic carbocycles. The lowest BCUT2D eigenvalue weighted by molar-refractivity contribution is 0.0950. The number of nitrogens with zero attached hydrogens (tertiary/aromatic N) is 2. The van der Waals surface area contributed by atoms with Gasteiger partial charge in [-0.1, -0.05) is 29.4 Å². The standard InChI is InChI=1S/C18H17N3O2/c1-12-5-3-4-6-15(12)11-20-18(22)16-13(2)21-23-17(16)14-7-9-19-10-8-14/h3-10H,11H2,1-2H3,(H,20,22). The summed E-state index contributed by atoms with van der Waals surface area (Å²) in [5.41, 5.74) is 4.04. The lowest BCUT2D eigenvalue weighted by Gasteiger charge is -2.08. The zero-order valence-electron chi connectivity index (χ0n) is 13.0. The minimum Gasteiger partial charge on any atom is -0.355 e. The molecule has 0 aliphatic rings. The Labute approximate surface area is 134 Å². The molecule has 0 bridgehead atoms. The highest BCUT2D eigenvalue weighted by Gasteiger charge is 2.21. The molecular formula is C18H17N3O2. The van der Waals surface area contributed by atoms with E-state index in [4.69, 9.17) is 4.52 Å². The monoisotopic (exact) mass is 307 g/mol. The molecule has 1 amide bonds. The van der Waals surface area contributed by atoms with Crippen molar-refractivity contribution in [3.8, 4) is 11.3 Å². The molecule has 0 unspecified atom stereocenters. The molecule has 1 N–H and O–H groups in total. The SMILES string of the molecule is Cc1ccccc1CNC(=O)c1c(C)noc1-c1ccncc1. The number of hydrogen-bond acceptors (Lipinski definition) is 4. The van der Waals surface area contributed by atoms with Crippen LogP contribution in [0.25, 0.3) is 11.3 Å². The van der Waals surface area contributed by atoms with Crippen molar-refractivity contribution in [2.75, 3.05) is 0 Å². The molecular weight excluding hydrogens is 290 g/mol. The second kappa shape index (κ2) is 6.44. The summed E-state index contributed by atoms with van der Waals surface area (Å²) < 4.78 is 5.34. The molecule has 0 saturated heterocycles. The first kappa shape index (κ1) is 15.0. The van der Waals surface area contributed by atoms with Crippen LogP contribution >= 0.6 is 0 Å². The Balaban J connectivity index is 1.83. The highest BCUT2D eigenvalue weighted by Crippen LogP contribution is 2.25. The van der Waals surface area contributed by atoms with E-state index in [2.05, 4.69) is 15.5 Å². The Bertz CT molecular complexity index is 825. The zero-order chi connectivity index (χ0) is 16.2. The Morgan fingerprint density at radius 3 is 2.61 bits per heavy atom. The Kier molecular flexibility index (Phi) is 4.19. The summed E-state index contributed by atoms with van der Waals surface area (Å²) in [7, 11) is 0. The molecule has 0 aliphatic heterocycles. The van der Waals surface area contributed by atoms with Crippen LogP contribution in [0.15, 0.2) is 53.3 Å². The maximum Gasteiger partial charge on any atom is 0.257 e. The predicted molar refractivity (Wildman–Crippen MR) is 86.8 cm³/mol. The average Bonchev–Trinajstić information content (AvgIpc) is 2.96. The molecule has 3 rings (SSSR count). The van der Waals surface area contributed by atoms with E-state index in [1.807, 2.05) is 31.2 Å². The van der Waals surface area contributed by atoms with Gasteiger partial charge in [0, 0.05) is 24.5 Å². The minimum absolute atomic E-state index is 0.196. The van der Waals surface area contributed by atoms with E-state index in [0.717, 1.165) is 16.7 Å². The van der Waals surface area contributed by atoms with E-state index in [0.29, 0.717) is 23.6 Å². The Hall–Kier alpha value is -2.95. The van der Waals surface area contributed by atoms with E-state index < -0.39 is 0 Å². The molecule has 1 aromatic carbocycles. The van der Waals surface area contributed by atoms with Crippen molar-refractivity contribution in [1.29, 1.82) is 0 Å².